The Hall–Kier alpha value is -0.710. The molecule has 0 atom stereocenters. The zero-order valence-corrected chi connectivity index (χ0v) is 13.7. The first-order valence-electron chi connectivity index (χ1n) is 7.51. The number of nitrogens with zero attached hydrogens (tertiary/aromatic N) is 2. The summed E-state index contributed by atoms with van der Waals surface area (Å²) in [4.78, 5) is 17.9. The number of hydrogen-bond donors (Lipinski definition) is 0. The van der Waals surface area contributed by atoms with Crippen molar-refractivity contribution in [2.24, 2.45) is 0 Å². The van der Waals surface area contributed by atoms with Gasteiger partial charge in [-0.3, -0.25) is 9.69 Å². The van der Waals surface area contributed by atoms with Crippen LogP contribution in [0.2, 0.25) is 0 Å². The summed E-state index contributed by atoms with van der Waals surface area (Å²) in [6, 6.07) is 3.87. The van der Waals surface area contributed by atoms with E-state index in [0.717, 1.165) is 44.0 Å². The second-order valence-electron chi connectivity index (χ2n) is 6.50. The molecule has 3 nitrogen and oxygen atoms in total. The highest BCUT2D eigenvalue weighted by Crippen LogP contribution is 2.16. The zero-order valence-electron chi connectivity index (χ0n) is 12.9. The van der Waals surface area contributed by atoms with E-state index in [2.05, 4.69) is 30.6 Å². The molecular weight excluding hydrogens is 268 g/mol. The predicted molar refractivity (Wildman–Crippen MR) is 85.6 cm³/mol. The van der Waals surface area contributed by atoms with E-state index in [-0.39, 0.29) is 5.54 Å². The second-order valence-corrected chi connectivity index (χ2v) is 7.45. The van der Waals surface area contributed by atoms with Gasteiger partial charge in [0.25, 0.3) is 0 Å². The van der Waals surface area contributed by atoms with Crippen LogP contribution in [0.15, 0.2) is 17.5 Å². The Kier molecular flexibility index (Phi) is 5.35. The average Bonchev–Trinajstić information content (AvgIpc) is 2.92. The molecule has 0 aromatic carbocycles. The van der Waals surface area contributed by atoms with Crippen LogP contribution in [0.4, 0.5) is 0 Å². The van der Waals surface area contributed by atoms with Gasteiger partial charge in [0.05, 0.1) is 4.88 Å². The monoisotopic (exact) mass is 294 g/mol. The molecule has 112 valence electrons. The summed E-state index contributed by atoms with van der Waals surface area (Å²) in [5.74, 6) is 0.299. The van der Waals surface area contributed by atoms with Crippen LogP contribution in [0, 0.1) is 0 Å². The highest BCUT2D eigenvalue weighted by molar-refractivity contribution is 7.12. The number of carbonyl (C=O) groups excluding carboxylic acids is 1. The maximum atomic E-state index is 11.9. The highest BCUT2D eigenvalue weighted by atomic mass is 32.1. The van der Waals surface area contributed by atoms with Crippen LogP contribution in [0.5, 0.6) is 0 Å². The molecular formula is C16H26N2OS. The lowest BCUT2D eigenvalue weighted by Crippen LogP contribution is -2.53. The van der Waals surface area contributed by atoms with Crippen molar-refractivity contribution >= 4 is 17.1 Å². The summed E-state index contributed by atoms with van der Waals surface area (Å²) in [7, 11) is 0. The molecule has 1 aromatic heterocycles. The Morgan fingerprint density at radius 2 is 1.95 bits per heavy atom. The van der Waals surface area contributed by atoms with Gasteiger partial charge in [0.15, 0.2) is 5.78 Å². The summed E-state index contributed by atoms with van der Waals surface area (Å²) in [6.45, 7) is 12.4. The van der Waals surface area contributed by atoms with Crippen LogP contribution in [0.3, 0.4) is 0 Å². The quantitative estimate of drug-likeness (QED) is 0.780. The summed E-state index contributed by atoms with van der Waals surface area (Å²) in [5, 5.41) is 1.97. The predicted octanol–water partition coefficient (Wildman–Crippen LogP) is 3.13. The summed E-state index contributed by atoms with van der Waals surface area (Å²) >= 11 is 1.55. The first-order valence-corrected chi connectivity index (χ1v) is 8.39. The minimum Gasteiger partial charge on any atom is -0.301 e. The summed E-state index contributed by atoms with van der Waals surface area (Å²) < 4.78 is 0. The minimum atomic E-state index is 0.279. The molecule has 0 aliphatic carbocycles. The molecule has 0 amide bonds. The Morgan fingerprint density at radius 1 is 1.25 bits per heavy atom. The first kappa shape index (κ1) is 15.7. The van der Waals surface area contributed by atoms with E-state index in [0.29, 0.717) is 12.2 Å². The smallest absolute Gasteiger partial charge is 0.172 e. The molecule has 0 spiro atoms. The van der Waals surface area contributed by atoms with Gasteiger partial charge in [0, 0.05) is 38.1 Å². The van der Waals surface area contributed by atoms with Crippen LogP contribution < -0.4 is 0 Å². The summed E-state index contributed by atoms with van der Waals surface area (Å²) in [6.07, 6.45) is 1.66. The maximum absolute atomic E-state index is 11.9. The van der Waals surface area contributed by atoms with Crippen molar-refractivity contribution < 1.29 is 4.79 Å². The van der Waals surface area contributed by atoms with Crippen LogP contribution in [0.25, 0.3) is 0 Å². The van der Waals surface area contributed by atoms with Gasteiger partial charge < -0.3 is 4.90 Å². The van der Waals surface area contributed by atoms with Crippen molar-refractivity contribution in [2.45, 2.75) is 39.2 Å². The summed E-state index contributed by atoms with van der Waals surface area (Å²) in [5.41, 5.74) is 0.279. The molecule has 1 saturated heterocycles. The number of rotatable bonds is 5. The van der Waals surface area contributed by atoms with Crippen molar-refractivity contribution in [1.29, 1.82) is 0 Å². The Labute approximate surface area is 126 Å². The number of hydrogen-bond acceptors (Lipinski definition) is 4. The van der Waals surface area contributed by atoms with Gasteiger partial charge in [-0.05, 0) is 45.2 Å². The van der Waals surface area contributed by atoms with E-state index in [9.17, 15) is 4.79 Å². The van der Waals surface area contributed by atoms with E-state index in [1.807, 2.05) is 17.5 Å². The van der Waals surface area contributed by atoms with Crippen molar-refractivity contribution in [2.75, 3.05) is 32.7 Å². The van der Waals surface area contributed by atoms with E-state index >= 15 is 0 Å². The lowest BCUT2D eigenvalue weighted by atomic mass is 10.0. The molecule has 20 heavy (non-hydrogen) atoms. The molecule has 1 aromatic rings. The zero-order chi connectivity index (χ0) is 14.6. The largest absolute Gasteiger partial charge is 0.301 e. The molecule has 0 unspecified atom stereocenters. The van der Waals surface area contributed by atoms with E-state index in [1.165, 1.54) is 0 Å². The third-order valence-corrected chi connectivity index (χ3v) is 4.91. The number of piperazine rings is 1. The van der Waals surface area contributed by atoms with Crippen molar-refractivity contribution in [3.05, 3.63) is 22.4 Å². The van der Waals surface area contributed by atoms with Gasteiger partial charge in [0.2, 0.25) is 0 Å². The lowest BCUT2D eigenvalue weighted by Gasteiger charge is -2.42. The molecule has 0 radical (unpaired) electrons. The number of carbonyl (C=O) groups is 1. The maximum Gasteiger partial charge on any atom is 0.172 e. The van der Waals surface area contributed by atoms with Gasteiger partial charge in [-0.15, -0.1) is 11.3 Å². The first-order chi connectivity index (χ1) is 9.47. The van der Waals surface area contributed by atoms with Crippen LogP contribution in [-0.2, 0) is 0 Å². The molecule has 4 heteroatoms. The Balaban J connectivity index is 1.65. The third-order valence-electron chi connectivity index (χ3n) is 4.00. The fraction of sp³-hybridized carbons (Fsp3) is 0.688. The molecule has 0 N–H and O–H groups in total. The average molecular weight is 294 g/mol. The fourth-order valence-corrected chi connectivity index (χ4v) is 3.36. The highest BCUT2D eigenvalue weighted by Gasteiger charge is 2.25. The fourth-order valence-electron chi connectivity index (χ4n) is 2.67. The molecule has 1 aliphatic rings. The van der Waals surface area contributed by atoms with Gasteiger partial charge in [0.1, 0.15) is 0 Å². The van der Waals surface area contributed by atoms with Gasteiger partial charge >= 0.3 is 0 Å². The number of thiophene rings is 1. The molecule has 1 fully saturated rings. The van der Waals surface area contributed by atoms with Crippen LogP contribution >= 0.6 is 11.3 Å². The second kappa shape index (κ2) is 6.83. The van der Waals surface area contributed by atoms with Gasteiger partial charge in [-0.2, -0.15) is 0 Å². The molecule has 2 heterocycles. The van der Waals surface area contributed by atoms with Crippen molar-refractivity contribution in [3.8, 4) is 0 Å². The number of ketones is 1. The SMILES string of the molecule is CC(C)(C)N1CCN(CCCC(=O)c2cccs2)CC1. The molecule has 1 aliphatic heterocycles. The minimum absolute atomic E-state index is 0.279. The molecule has 2 rings (SSSR count). The van der Waals surface area contributed by atoms with E-state index in [1.54, 1.807) is 11.3 Å². The van der Waals surface area contributed by atoms with Crippen LogP contribution in [0.1, 0.15) is 43.3 Å². The van der Waals surface area contributed by atoms with Gasteiger partial charge in [-0.25, -0.2) is 0 Å². The van der Waals surface area contributed by atoms with E-state index < -0.39 is 0 Å². The number of Topliss-reactive ketones (excluding diaryl/α,β-unsaturated/α-hetero) is 1. The topological polar surface area (TPSA) is 23.6 Å². The molecule has 0 saturated carbocycles. The standard InChI is InChI=1S/C16H26N2OS/c1-16(2,3)18-11-9-17(10-12-18)8-4-6-14(19)15-7-5-13-20-15/h5,7,13H,4,6,8-12H2,1-3H3. The van der Waals surface area contributed by atoms with Crippen molar-refractivity contribution in [1.82, 2.24) is 9.80 Å². The molecule has 0 bridgehead atoms. The Morgan fingerprint density at radius 3 is 2.50 bits per heavy atom. The third kappa shape index (κ3) is 4.40. The van der Waals surface area contributed by atoms with Crippen LogP contribution in [-0.4, -0.2) is 53.8 Å². The van der Waals surface area contributed by atoms with Crippen molar-refractivity contribution in [3.63, 3.8) is 0 Å². The Bertz CT molecular complexity index is 414. The van der Waals surface area contributed by atoms with Gasteiger partial charge in [-0.1, -0.05) is 6.07 Å². The lowest BCUT2D eigenvalue weighted by molar-refractivity contribution is 0.0613. The normalized spacial score (nSPS) is 18.4. The van der Waals surface area contributed by atoms with E-state index in [4.69, 9.17) is 0 Å².